The lowest BCUT2D eigenvalue weighted by Gasteiger charge is -2.10. The molecule has 1 aromatic carbocycles. The van der Waals surface area contributed by atoms with E-state index in [2.05, 4.69) is 32.2 Å². The molecule has 0 aromatic heterocycles. The Morgan fingerprint density at radius 2 is 2.05 bits per heavy atom. The smallest absolute Gasteiger partial charge is 0.255 e. The normalized spacial score (nSPS) is 20.4. The van der Waals surface area contributed by atoms with E-state index in [1.54, 1.807) is 0 Å². The molecular weight excluding hydrogens is 250 g/mol. The van der Waals surface area contributed by atoms with Crippen LogP contribution < -0.4 is 10.1 Å². The summed E-state index contributed by atoms with van der Waals surface area (Å²) < 4.78 is 5.86. The van der Waals surface area contributed by atoms with Crippen LogP contribution in [0, 0.1) is 0 Å². The second kappa shape index (κ2) is 6.78. The third kappa shape index (κ3) is 3.14. The molecule has 1 N–H and O–H groups in total. The molecule has 0 bridgehead atoms. The number of nitrogens with one attached hydrogen (secondary N) is 1. The van der Waals surface area contributed by atoms with Gasteiger partial charge in [-0.2, -0.15) is 0 Å². The van der Waals surface area contributed by atoms with E-state index < -0.39 is 0 Å². The second-order valence-electron chi connectivity index (χ2n) is 5.65. The van der Waals surface area contributed by atoms with Crippen molar-refractivity contribution in [3.05, 3.63) is 29.3 Å². The predicted molar refractivity (Wildman–Crippen MR) is 81.4 cm³/mol. The highest BCUT2D eigenvalue weighted by atomic mass is 16.5. The van der Waals surface area contributed by atoms with Gasteiger partial charge in [0.05, 0.1) is 5.56 Å². The standard InChI is InChI=1S/C17H25NO2/c1-4-5-6-7-11-18-17(19)15-10-8-9-14-12(2)13(3)20-16(14)15/h8-10,12-13H,4-7,11H2,1-3H3,(H,18,19)/t12-,13-/m1/s1. The van der Waals surface area contributed by atoms with E-state index >= 15 is 0 Å². The van der Waals surface area contributed by atoms with Gasteiger partial charge in [-0.15, -0.1) is 0 Å². The minimum atomic E-state index is -0.0142. The molecule has 0 radical (unpaired) electrons. The summed E-state index contributed by atoms with van der Waals surface area (Å²) in [5.74, 6) is 1.11. The number of carbonyl (C=O) groups excluding carboxylic acids is 1. The lowest BCUT2D eigenvalue weighted by molar-refractivity contribution is 0.0948. The topological polar surface area (TPSA) is 38.3 Å². The van der Waals surface area contributed by atoms with Crippen molar-refractivity contribution in [3.63, 3.8) is 0 Å². The van der Waals surface area contributed by atoms with Crippen LogP contribution in [0.15, 0.2) is 18.2 Å². The van der Waals surface area contributed by atoms with Gasteiger partial charge in [-0.25, -0.2) is 0 Å². The molecule has 0 aliphatic carbocycles. The van der Waals surface area contributed by atoms with Gasteiger partial charge in [0.2, 0.25) is 0 Å². The number of fused-ring (bicyclic) bond motifs is 1. The van der Waals surface area contributed by atoms with Crippen molar-refractivity contribution in [2.45, 2.75) is 58.5 Å². The van der Waals surface area contributed by atoms with E-state index in [0.29, 0.717) is 11.5 Å². The van der Waals surface area contributed by atoms with Gasteiger partial charge in [0, 0.05) is 18.0 Å². The van der Waals surface area contributed by atoms with Crippen LogP contribution in [-0.4, -0.2) is 18.6 Å². The van der Waals surface area contributed by atoms with E-state index in [1.807, 2.05) is 12.1 Å². The number of hydrogen-bond donors (Lipinski definition) is 1. The molecule has 1 aliphatic heterocycles. The first kappa shape index (κ1) is 14.9. The number of para-hydroxylation sites is 1. The molecule has 0 unspecified atom stereocenters. The maximum absolute atomic E-state index is 12.3. The van der Waals surface area contributed by atoms with Gasteiger partial charge in [-0.1, -0.05) is 45.2 Å². The van der Waals surface area contributed by atoms with Gasteiger partial charge < -0.3 is 10.1 Å². The maximum Gasteiger partial charge on any atom is 0.255 e. The Bertz CT molecular complexity index is 470. The molecule has 0 spiro atoms. The average Bonchev–Trinajstić information content (AvgIpc) is 2.74. The zero-order valence-corrected chi connectivity index (χ0v) is 12.7. The lowest BCUT2D eigenvalue weighted by atomic mass is 9.97. The van der Waals surface area contributed by atoms with Crippen molar-refractivity contribution < 1.29 is 9.53 Å². The molecule has 110 valence electrons. The molecule has 1 amide bonds. The Morgan fingerprint density at radius 3 is 2.80 bits per heavy atom. The molecule has 3 heteroatoms. The third-order valence-corrected chi connectivity index (χ3v) is 4.10. The van der Waals surface area contributed by atoms with Gasteiger partial charge in [-0.3, -0.25) is 4.79 Å². The molecular formula is C17H25NO2. The zero-order valence-electron chi connectivity index (χ0n) is 12.7. The second-order valence-corrected chi connectivity index (χ2v) is 5.65. The first-order chi connectivity index (χ1) is 9.65. The number of hydrogen-bond acceptors (Lipinski definition) is 2. The Kier molecular flexibility index (Phi) is 5.05. The van der Waals surface area contributed by atoms with Crippen LogP contribution in [-0.2, 0) is 0 Å². The summed E-state index contributed by atoms with van der Waals surface area (Å²) in [5, 5.41) is 3.00. The van der Waals surface area contributed by atoms with E-state index in [0.717, 1.165) is 24.3 Å². The average molecular weight is 275 g/mol. The summed E-state index contributed by atoms with van der Waals surface area (Å²) in [4.78, 5) is 12.3. The summed E-state index contributed by atoms with van der Waals surface area (Å²) in [6.07, 6.45) is 4.80. The molecule has 2 atom stereocenters. The molecule has 1 aliphatic rings. The Balaban J connectivity index is 1.98. The van der Waals surface area contributed by atoms with Crippen LogP contribution in [0.3, 0.4) is 0 Å². The first-order valence-corrected chi connectivity index (χ1v) is 7.73. The van der Waals surface area contributed by atoms with Crippen LogP contribution >= 0.6 is 0 Å². The van der Waals surface area contributed by atoms with Crippen molar-refractivity contribution in [2.75, 3.05) is 6.54 Å². The fourth-order valence-electron chi connectivity index (χ4n) is 2.61. The summed E-state index contributed by atoms with van der Waals surface area (Å²) in [7, 11) is 0. The van der Waals surface area contributed by atoms with Gasteiger partial charge in [0.25, 0.3) is 5.91 Å². The molecule has 3 nitrogen and oxygen atoms in total. The predicted octanol–water partition coefficient (Wildman–Crippen LogP) is 3.88. The van der Waals surface area contributed by atoms with E-state index in [9.17, 15) is 4.79 Å². The summed E-state index contributed by atoms with van der Waals surface area (Å²) >= 11 is 0. The molecule has 0 saturated heterocycles. The fourth-order valence-corrected chi connectivity index (χ4v) is 2.61. The van der Waals surface area contributed by atoms with Crippen LogP contribution in [0.2, 0.25) is 0 Å². The third-order valence-electron chi connectivity index (χ3n) is 4.10. The molecule has 2 rings (SSSR count). The van der Waals surface area contributed by atoms with Gasteiger partial charge in [0.15, 0.2) is 0 Å². The number of rotatable bonds is 6. The lowest BCUT2D eigenvalue weighted by Crippen LogP contribution is -2.25. The highest BCUT2D eigenvalue weighted by molar-refractivity contribution is 5.97. The number of amides is 1. The van der Waals surface area contributed by atoms with E-state index in [1.165, 1.54) is 19.3 Å². The molecule has 1 aromatic rings. The fraction of sp³-hybridized carbons (Fsp3) is 0.588. The van der Waals surface area contributed by atoms with Crippen molar-refractivity contribution in [3.8, 4) is 5.75 Å². The highest BCUT2D eigenvalue weighted by Gasteiger charge is 2.30. The van der Waals surface area contributed by atoms with Crippen LogP contribution in [0.4, 0.5) is 0 Å². The SMILES string of the molecule is CCCCCCNC(=O)c1cccc2c1O[C@H](C)[C@H]2C. The van der Waals surface area contributed by atoms with Crippen molar-refractivity contribution in [1.82, 2.24) is 5.32 Å². The molecule has 1 heterocycles. The monoisotopic (exact) mass is 275 g/mol. The van der Waals surface area contributed by atoms with E-state index in [-0.39, 0.29) is 12.0 Å². The van der Waals surface area contributed by atoms with Crippen molar-refractivity contribution >= 4 is 5.91 Å². The first-order valence-electron chi connectivity index (χ1n) is 7.73. The van der Waals surface area contributed by atoms with Crippen molar-refractivity contribution in [2.24, 2.45) is 0 Å². The molecule has 20 heavy (non-hydrogen) atoms. The molecule has 0 saturated carbocycles. The summed E-state index contributed by atoms with van der Waals surface area (Å²) in [6.45, 7) is 7.12. The quantitative estimate of drug-likeness (QED) is 0.800. The van der Waals surface area contributed by atoms with Crippen LogP contribution in [0.1, 0.15) is 68.3 Å². The largest absolute Gasteiger partial charge is 0.489 e. The van der Waals surface area contributed by atoms with Crippen LogP contribution in [0.5, 0.6) is 5.75 Å². The number of carbonyl (C=O) groups is 1. The Labute approximate surface area is 121 Å². The van der Waals surface area contributed by atoms with E-state index in [4.69, 9.17) is 4.74 Å². The van der Waals surface area contributed by atoms with Gasteiger partial charge in [0.1, 0.15) is 11.9 Å². The highest BCUT2D eigenvalue weighted by Crippen LogP contribution is 2.40. The summed E-state index contributed by atoms with van der Waals surface area (Å²) in [5.41, 5.74) is 1.82. The molecule has 0 fully saturated rings. The van der Waals surface area contributed by atoms with Gasteiger partial charge in [-0.05, 0) is 19.4 Å². The minimum absolute atomic E-state index is 0.0142. The zero-order chi connectivity index (χ0) is 14.5. The Hall–Kier alpha value is -1.51. The van der Waals surface area contributed by atoms with Gasteiger partial charge >= 0.3 is 0 Å². The number of ether oxygens (including phenoxy) is 1. The van der Waals surface area contributed by atoms with Crippen molar-refractivity contribution in [1.29, 1.82) is 0 Å². The maximum atomic E-state index is 12.3. The minimum Gasteiger partial charge on any atom is -0.489 e. The number of benzene rings is 1. The Morgan fingerprint density at radius 1 is 1.25 bits per heavy atom. The van der Waals surface area contributed by atoms with Crippen LogP contribution in [0.25, 0.3) is 0 Å². The summed E-state index contributed by atoms with van der Waals surface area (Å²) in [6, 6.07) is 5.86. The number of unbranched alkanes of at least 4 members (excludes halogenated alkanes) is 3.